The molecule has 5 nitrogen and oxygen atoms in total. The summed E-state index contributed by atoms with van der Waals surface area (Å²) in [6.45, 7) is 0.656. The summed E-state index contributed by atoms with van der Waals surface area (Å²) >= 11 is 0. The second-order valence-electron chi connectivity index (χ2n) is 5.76. The smallest absolute Gasteiger partial charge is 0.276 e. The lowest BCUT2D eigenvalue weighted by atomic mass is 10.1. The molecule has 3 heterocycles. The van der Waals surface area contributed by atoms with Gasteiger partial charge in [0.05, 0.1) is 12.3 Å². The Morgan fingerprint density at radius 2 is 2.08 bits per heavy atom. The Labute approximate surface area is 137 Å². The van der Waals surface area contributed by atoms with Crippen LogP contribution in [0, 0.1) is 5.82 Å². The number of likely N-dealkylation sites (tertiary alicyclic amines) is 1. The first-order chi connectivity index (χ1) is 11.7. The molecule has 4 rings (SSSR count). The van der Waals surface area contributed by atoms with Crippen molar-refractivity contribution in [2.24, 2.45) is 0 Å². The molecule has 0 aliphatic carbocycles. The van der Waals surface area contributed by atoms with E-state index in [4.69, 9.17) is 8.94 Å². The first-order valence-corrected chi connectivity index (χ1v) is 7.79. The van der Waals surface area contributed by atoms with E-state index in [9.17, 15) is 9.18 Å². The maximum Gasteiger partial charge on any atom is 0.276 e. The Bertz CT molecular complexity index is 840. The molecule has 0 radical (unpaired) electrons. The maximum absolute atomic E-state index is 13.0. The average molecular weight is 326 g/mol. The van der Waals surface area contributed by atoms with Crippen LogP contribution in [0.4, 0.5) is 4.39 Å². The van der Waals surface area contributed by atoms with Crippen LogP contribution in [0.25, 0.3) is 11.3 Å². The SMILES string of the molecule is O=C(c1cc(-c2ccc(F)cc2)on1)N1CCC[C@H]1c1ccco1. The second kappa shape index (κ2) is 5.96. The molecule has 1 aliphatic heterocycles. The van der Waals surface area contributed by atoms with Gasteiger partial charge in [-0.15, -0.1) is 0 Å². The van der Waals surface area contributed by atoms with Gasteiger partial charge in [0.15, 0.2) is 11.5 Å². The van der Waals surface area contributed by atoms with E-state index < -0.39 is 0 Å². The van der Waals surface area contributed by atoms with Crippen LogP contribution in [0.1, 0.15) is 35.1 Å². The van der Waals surface area contributed by atoms with E-state index in [1.807, 2.05) is 12.1 Å². The molecular weight excluding hydrogens is 311 g/mol. The number of amides is 1. The van der Waals surface area contributed by atoms with Gasteiger partial charge in [0.25, 0.3) is 5.91 Å². The number of furan rings is 1. The summed E-state index contributed by atoms with van der Waals surface area (Å²) in [6.07, 6.45) is 3.39. The Morgan fingerprint density at radius 1 is 1.25 bits per heavy atom. The van der Waals surface area contributed by atoms with Crippen LogP contribution >= 0.6 is 0 Å². The van der Waals surface area contributed by atoms with Crippen LogP contribution in [0.15, 0.2) is 57.7 Å². The molecule has 6 heteroatoms. The number of nitrogens with zero attached hydrogens (tertiary/aromatic N) is 2. The molecule has 0 N–H and O–H groups in total. The van der Waals surface area contributed by atoms with E-state index in [2.05, 4.69) is 5.16 Å². The highest BCUT2D eigenvalue weighted by atomic mass is 19.1. The second-order valence-corrected chi connectivity index (χ2v) is 5.76. The molecule has 0 bridgehead atoms. The molecule has 1 aliphatic rings. The van der Waals surface area contributed by atoms with Gasteiger partial charge in [-0.25, -0.2) is 4.39 Å². The Balaban J connectivity index is 1.57. The van der Waals surface area contributed by atoms with Crippen molar-refractivity contribution >= 4 is 5.91 Å². The predicted octanol–water partition coefficient (Wildman–Crippen LogP) is 4.05. The molecule has 0 saturated carbocycles. The van der Waals surface area contributed by atoms with E-state index in [1.54, 1.807) is 29.4 Å². The molecule has 1 amide bonds. The van der Waals surface area contributed by atoms with Gasteiger partial charge in [0.1, 0.15) is 11.6 Å². The minimum atomic E-state index is -0.326. The fourth-order valence-electron chi connectivity index (χ4n) is 3.06. The summed E-state index contributed by atoms with van der Waals surface area (Å²) in [5.41, 5.74) is 0.916. The number of carbonyl (C=O) groups is 1. The molecule has 24 heavy (non-hydrogen) atoms. The quantitative estimate of drug-likeness (QED) is 0.728. The van der Waals surface area contributed by atoms with Crippen molar-refractivity contribution < 1.29 is 18.1 Å². The summed E-state index contributed by atoms with van der Waals surface area (Å²) < 4.78 is 23.7. The zero-order chi connectivity index (χ0) is 16.5. The monoisotopic (exact) mass is 326 g/mol. The summed E-state index contributed by atoms with van der Waals surface area (Å²) in [5.74, 6) is 0.703. The van der Waals surface area contributed by atoms with Gasteiger partial charge in [-0.2, -0.15) is 0 Å². The number of carbonyl (C=O) groups excluding carboxylic acids is 1. The van der Waals surface area contributed by atoms with E-state index in [0.29, 0.717) is 17.9 Å². The molecular formula is C18H15FN2O3. The minimum Gasteiger partial charge on any atom is -0.467 e. The number of rotatable bonds is 3. The van der Waals surface area contributed by atoms with Crippen molar-refractivity contribution in [2.75, 3.05) is 6.54 Å². The van der Waals surface area contributed by atoms with Gasteiger partial charge in [0.2, 0.25) is 0 Å². The fourth-order valence-corrected chi connectivity index (χ4v) is 3.06. The highest BCUT2D eigenvalue weighted by molar-refractivity contribution is 5.93. The van der Waals surface area contributed by atoms with Crippen molar-refractivity contribution in [1.29, 1.82) is 0 Å². The topological polar surface area (TPSA) is 59.5 Å². The van der Waals surface area contributed by atoms with Crippen molar-refractivity contribution in [2.45, 2.75) is 18.9 Å². The van der Waals surface area contributed by atoms with Crippen LogP contribution in [-0.2, 0) is 0 Å². The van der Waals surface area contributed by atoms with Crippen LogP contribution in [0.3, 0.4) is 0 Å². The lowest BCUT2D eigenvalue weighted by Gasteiger charge is -2.21. The fraction of sp³-hybridized carbons (Fsp3) is 0.222. The third kappa shape index (κ3) is 2.60. The van der Waals surface area contributed by atoms with Crippen LogP contribution in [0.2, 0.25) is 0 Å². The third-order valence-corrected chi connectivity index (χ3v) is 4.24. The van der Waals surface area contributed by atoms with Gasteiger partial charge in [0, 0.05) is 18.2 Å². The van der Waals surface area contributed by atoms with Crippen molar-refractivity contribution in [3.63, 3.8) is 0 Å². The Hall–Kier alpha value is -2.89. The summed E-state index contributed by atoms with van der Waals surface area (Å²) in [4.78, 5) is 14.5. The van der Waals surface area contributed by atoms with Crippen LogP contribution < -0.4 is 0 Å². The van der Waals surface area contributed by atoms with Crippen molar-refractivity contribution in [1.82, 2.24) is 10.1 Å². The summed E-state index contributed by atoms with van der Waals surface area (Å²) in [5, 5.41) is 3.88. The van der Waals surface area contributed by atoms with Gasteiger partial charge in [-0.05, 0) is 49.2 Å². The zero-order valence-corrected chi connectivity index (χ0v) is 12.8. The van der Waals surface area contributed by atoms with Gasteiger partial charge < -0.3 is 13.8 Å². The van der Waals surface area contributed by atoms with E-state index in [1.165, 1.54) is 12.1 Å². The molecule has 2 aromatic heterocycles. The molecule has 0 unspecified atom stereocenters. The third-order valence-electron chi connectivity index (χ3n) is 4.24. The molecule has 1 saturated heterocycles. The summed E-state index contributed by atoms with van der Waals surface area (Å²) in [7, 11) is 0. The Morgan fingerprint density at radius 3 is 2.83 bits per heavy atom. The van der Waals surface area contributed by atoms with Gasteiger partial charge in [-0.1, -0.05) is 5.16 Å². The molecule has 0 spiro atoms. The average Bonchev–Trinajstić information content (AvgIpc) is 3.34. The largest absolute Gasteiger partial charge is 0.467 e. The first kappa shape index (κ1) is 14.7. The van der Waals surface area contributed by atoms with Crippen LogP contribution in [-0.4, -0.2) is 22.5 Å². The molecule has 122 valence electrons. The number of hydrogen-bond acceptors (Lipinski definition) is 4. The number of hydrogen-bond donors (Lipinski definition) is 0. The van der Waals surface area contributed by atoms with Crippen LogP contribution in [0.5, 0.6) is 0 Å². The molecule has 1 atom stereocenters. The highest BCUT2D eigenvalue weighted by Crippen LogP contribution is 2.33. The van der Waals surface area contributed by atoms with E-state index in [0.717, 1.165) is 18.6 Å². The standard InChI is InChI=1S/C18H15FN2O3/c19-13-7-5-12(6-8-13)17-11-14(20-24-17)18(22)21-9-1-3-15(21)16-4-2-10-23-16/h2,4-8,10-11,15H,1,3,9H2/t15-/m0/s1. The first-order valence-electron chi connectivity index (χ1n) is 7.79. The van der Waals surface area contributed by atoms with Gasteiger partial charge in [-0.3, -0.25) is 4.79 Å². The molecule has 1 aromatic carbocycles. The molecule has 3 aromatic rings. The van der Waals surface area contributed by atoms with Gasteiger partial charge >= 0.3 is 0 Å². The normalized spacial score (nSPS) is 17.4. The zero-order valence-electron chi connectivity index (χ0n) is 12.8. The lowest BCUT2D eigenvalue weighted by Crippen LogP contribution is -2.30. The highest BCUT2D eigenvalue weighted by Gasteiger charge is 2.33. The lowest BCUT2D eigenvalue weighted by molar-refractivity contribution is 0.0709. The predicted molar refractivity (Wildman–Crippen MR) is 83.6 cm³/mol. The summed E-state index contributed by atoms with van der Waals surface area (Å²) in [6, 6.07) is 11.1. The van der Waals surface area contributed by atoms with E-state index in [-0.39, 0.29) is 23.5 Å². The van der Waals surface area contributed by atoms with Crippen molar-refractivity contribution in [3.05, 3.63) is 66.0 Å². The number of benzene rings is 1. The number of aromatic nitrogens is 1. The Kier molecular flexibility index (Phi) is 3.65. The number of halogens is 1. The maximum atomic E-state index is 13.0. The van der Waals surface area contributed by atoms with Crippen molar-refractivity contribution in [3.8, 4) is 11.3 Å². The minimum absolute atomic E-state index is 0.0709. The van der Waals surface area contributed by atoms with E-state index >= 15 is 0 Å². The molecule has 1 fully saturated rings.